The van der Waals surface area contributed by atoms with Gasteiger partial charge in [-0.15, -0.1) is 0 Å². The lowest BCUT2D eigenvalue weighted by molar-refractivity contribution is 0.0270. The number of nitrogens with zero attached hydrogens (tertiary/aromatic N) is 2. The Hall–Kier alpha value is -1.43. The second kappa shape index (κ2) is 8.30. The number of carbonyl (C=O) groups excluding carboxylic acids is 1. The summed E-state index contributed by atoms with van der Waals surface area (Å²) >= 11 is 17.5. The van der Waals surface area contributed by atoms with Crippen LogP contribution < -0.4 is 0 Å². The minimum atomic E-state index is -0.507. The van der Waals surface area contributed by atoms with Gasteiger partial charge in [0.1, 0.15) is 5.60 Å². The molecule has 0 saturated heterocycles. The zero-order valence-corrected chi connectivity index (χ0v) is 16.7. The minimum absolute atomic E-state index is 0.315. The Balaban J connectivity index is 2.17. The first-order valence-electron chi connectivity index (χ1n) is 7.85. The highest BCUT2D eigenvalue weighted by molar-refractivity contribution is 7.80. The SMILES string of the molecule is CC(C)(C)OC(=O)N1CC=C(c2c(Cl)cc(N=CC=S)cc2Cl)CC1. The summed E-state index contributed by atoms with van der Waals surface area (Å²) in [6.07, 6.45) is 3.81. The van der Waals surface area contributed by atoms with Crippen molar-refractivity contribution in [2.24, 2.45) is 4.99 Å². The van der Waals surface area contributed by atoms with E-state index >= 15 is 0 Å². The van der Waals surface area contributed by atoms with E-state index in [-0.39, 0.29) is 6.09 Å². The lowest BCUT2D eigenvalue weighted by Crippen LogP contribution is -2.39. The van der Waals surface area contributed by atoms with Crippen molar-refractivity contribution in [1.82, 2.24) is 4.90 Å². The average molecular weight is 399 g/mol. The van der Waals surface area contributed by atoms with Gasteiger partial charge in [-0.05, 0) is 44.9 Å². The Morgan fingerprint density at radius 2 is 1.96 bits per heavy atom. The summed E-state index contributed by atoms with van der Waals surface area (Å²) in [5, 5.41) is 2.48. The fourth-order valence-corrected chi connectivity index (χ4v) is 3.23. The summed E-state index contributed by atoms with van der Waals surface area (Å²) in [6.45, 7) is 6.57. The molecule has 1 aliphatic rings. The summed E-state index contributed by atoms with van der Waals surface area (Å²) in [5.74, 6) is 0. The summed E-state index contributed by atoms with van der Waals surface area (Å²) < 4.78 is 5.40. The lowest BCUT2D eigenvalue weighted by Gasteiger charge is -2.30. The molecule has 0 unspecified atom stereocenters. The fraction of sp³-hybridized carbons (Fsp3) is 0.389. The molecular formula is C18H20Cl2N2O2S. The van der Waals surface area contributed by atoms with Crippen LogP contribution in [0.25, 0.3) is 5.57 Å². The molecule has 1 aromatic carbocycles. The Morgan fingerprint density at radius 1 is 1.32 bits per heavy atom. The monoisotopic (exact) mass is 398 g/mol. The number of ether oxygens (including phenoxy) is 1. The number of benzene rings is 1. The van der Waals surface area contributed by atoms with Crippen LogP contribution >= 0.6 is 35.4 Å². The van der Waals surface area contributed by atoms with Gasteiger partial charge in [0.2, 0.25) is 0 Å². The van der Waals surface area contributed by atoms with Gasteiger partial charge < -0.3 is 9.64 Å². The molecule has 0 aromatic heterocycles. The van der Waals surface area contributed by atoms with Gasteiger partial charge in [0, 0.05) is 30.2 Å². The van der Waals surface area contributed by atoms with E-state index in [0.29, 0.717) is 35.2 Å². The molecule has 25 heavy (non-hydrogen) atoms. The highest BCUT2D eigenvalue weighted by Gasteiger charge is 2.25. The Labute approximate surface area is 163 Å². The number of hydrogen-bond acceptors (Lipinski definition) is 4. The Kier molecular flexibility index (Phi) is 6.60. The summed E-state index contributed by atoms with van der Waals surface area (Å²) in [7, 11) is 0. The molecule has 0 saturated carbocycles. The number of carbonyl (C=O) groups is 1. The molecule has 0 radical (unpaired) electrons. The molecule has 0 N–H and O–H groups in total. The molecule has 1 aromatic rings. The van der Waals surface area contributed by atoms with Gasteiger partial charge in [-0.1, -0.05) is 41.5 Å². The topological polar surface area (TPSA) is 41.9 Å². The second-order valence-corrected chi connectivity index (χ2v) is 7.69. The largest absolute Gasteiger partial charge is 0.444 e. The van der Waals surface area contributed by atoms with Crippen LogP contribution in [0, 0.1) is 0 Å². The molecule has 1 heterocycles. The third-order valence-electron chi connectivity index (χ3n) is 3.49. The van der Waals surface area contributed by atoms with Gasteiger partial charge >= 0.3 is 6.09 Å². The fourth-order valence-electron chi connectivity index (χ4n) is 2.45. The standard InChI is InChI=1S/C18H20Cl2N2O2S/c1-18(2,3)24-17(23)22-7-4-12(5-8-22)16-14(19)10-13(11-15(16)20)21-6-9-25/h4,6,9-11H,5,7-8H2,1-3H3. The molecule has 1 aliphatic heterocycles. The summed E-state index contributed by atoms with van der Waals surface area (Å²) in [5.41, 5.74) is 1.94. The van der Waals surface area contributed by atoms with Crippen LogP contribution in [0.4, 0.5) is 10.5 Å². The molecule has 0 atom stereocenters. The van der Waals surface area contributed by atoms with E-state index in [2.05, 4.69) is 4.99 Å². The van der Waals surface area contributed by atoms with E-state index in [9.17, 15) is 4.79 Å². The van der Waals surface area contributed by atoms with Crippen LogP contribution in [0.15, 0.2) is 23.2 Å². The van der Waals surface area contributed by atoms with Gasteiger partial charge in [-0.25, -0.2) is 4.79 Å². The normalized spacial score (nSPS) is 15.2. The first kappa shape index (κ1) is 19.9. The number of amides is 1. The number of rotatable bonds is 3. The zero-order chi connectivity index (χ0) is 18.6. The van der Waals surface area contributed by atoms with Gasteiger partial charge in [0.15, 0.2) is 0 Å². The molecular weight excluding hydrogens is 379 g/mol. The van der Waals surface area contributed by atoms with Crippen molar-refractivity contribution in [3.8, 4) is 0 Å². The lowest BCUT2D eigenvalue weighted by atomic mass is 9.99. The molecule has 0 fully saturated rings. The van der Waals surface area contributed by atoms with Gasteiger partial charge in [0.05, 0.1) is 15.7 Å². The van der Waals surface area contributed by atoms with Crippen LogP contribution in [0.3, 0.4) is 0 Å². The van der Waals surface area contributed by atoms with Crippen molar-refractivity contribution in [2.75, 3.05) is 13.1 Å². The Morgan fingerprint density at radius 3 is 2.44 bits per heavy atom. The quantitative estimate of drug-likeness (QED) is 0.482. The maximum atomic E-state index is 12.1. The highest BCUT2D eigenvalue weighted by atomic mass is 35.5. The maximum Gasteiger partial charge on any atom is 0.410 e. The van der Waals surface area contributed by atoms with Crippen molar-refractivity contribution in [3.63, 3.8) is 0 Å². The van der Waals surface area contributed by atoms with Crippen LogP contribution in [0.5, 0.6) is 0 Å². The van der Waals surface area contributed by atoms with E-state index in [0.717, 1.165) is 11.1 Å². The van der Waals surface area contributed by atoms with Crippen LogP contribution in [0.1, 0.15) is 32.8 Å². The van der Waals surface area contributed by atoms with Crippen LogP contribution in [-0.2, 0) is 4.74 Å². The summed E-state index contributed by atoms with van der Waals surface area (Å²) in [6, 6.07) is 3.50. The number of hydrogen-bond donors (Lipinski definition) is 0. The third-order valence-corrected chi connectivity index (χ3v) is 4.21. The van der Waals surface area contributed by atoms with Crippen molar-refractivity contribution >= 4 is 64.4 Å². The summed E-state index contributed by atoms with van der Waals surface area (Å²) in [4.78, 5) is 18.0. The predicted molar refractivity (Wildman–Crippen MR) is 109 cm³/mol. The zero-order valence-electron chi connectivity index (χ0n) is 14.4. The van der Waals surface area contributed by atoms with Crippen LogP contribution in [-0.4, -0.2) is 41.3 Å². The maximum absolute atomic E-state index is 12.1. The van der Waals surface area contributed by atoms with E-state index in [4.69, 9.17) is 40.2 Å². The minimum Gasteiger partial charge on any atom is -0.444 e. The smallest absolute Gasteiger partial charge is 0.410 e. The molecule has 0 bridgehead atoms. The molecule has 134 valence electrons. The first-order valence-corrected chi connectivity index (χ1v) is 9.08. The number of thiocarbonyl (C=S) groups is 1. The van der Waals surface area contributed by atoms with E-state index in [1.54, 1.807) is 17.0 Å². The number of aliphatic imine (C=N–C) groups is 1. The predicted octanol–water partition coefficient (Wildman–Crippen LogP) is 5.72. The Bertz CT molecular complexity index is 716. The molecule has 0 spiro atoms. The van der Waals surface area contributed by atoms with Crippen molar-refractivity contribution < 1.29 is 9.53 Å². The molecule has 0 aliphatic carbocycles. The van der Waals surface area contributed by atoms with Crippen molar-refractivity contribution in [1.29, 1.82) is 0 Å². The van der Waals surface area contributed by atoms with Crippen molar-refractivity contribution in [3.05, 3.63) is 33.8 Å². The van der Waals surface area contributed by atoms with E-state index < -0.39 is 5.60 Å². The van der Waals surface area contributed by atoms with E-state index in [1.807, 2.05) is 26.8 Å². The van der Waals surface area contributed by atoms with Gasteiger partial charge in [-0.3, -0.25) is 4.99 Å². The second-order valence-electron chi connectivity index (χ2n) is 6.60. The van der Waals surface area contributed by atoms with Crippen LogP contribution in [0.2, 0.25) is 10.0 Å². The first-order chi connectivity index (χ1) is 11.7. The van der Waals surface area contributed by atoms with E-state index in [1.165, 1.54) is 11.6 Å². The number of halogens is 2. The molecule has 4 nitrogen and oxygen atoms in total. The van der Waals surface area contributed by atoms with Gasteiger partial charge in [0.25, 0.3) is 0 Å². The van der Waals surface area contributed by atoms with Gasteiger partial charge in [-0.2, -0.15) is 0 Å². The van der Waals surface area contributed by atoms with Crippen molar-refractivity contribution in [2.45, 2.75) is 32.8 Å². The molecule has 1 amide bonds. The average Bonchev–Trinajstić information content (AvgIpc) is 2.51. The third kappa shape index (κ3) is 5.53. The molecule has 7 heteroatoms. The molecule has 2 rings (SSSR count). The highest BCUT2D eigenvalue weighted by Crippen LogP contribution is 2.37.